The first-order valence-corrected chi connectivity index (χ1v) is 11.0. The van der Waals surface area contributed by atoms with Crippen molar-refractivity contribution >= 4 is 39.6 Å². The highest BCUT2D eigenvalue weighted by molar-refractivity contribution is 7.17. The number of esters is 1. The smallest absolute Gasteiger partial charge is 0.341 e. The van der Waals surface area contributed by atoms with Crippen LogP contribution in [0.4, 0.5) is 5.00 Å². The fourth-order valence-electron chi connectivity index (χ4n) is 3.94. The molecule has 3 heterocycles. The Kier molecular flexibility index (Phi) is 5.42. The van der Waals surface area contributed by atoms with Crippen LogP contribution in [0.5, 0.6) is 0 Å². The van der Waals surface area contributed by atoms with Crippen LogP contribution in [0.25, 0.3) is 0 Å². The summed E-state index contributed by atoms with van der Waals surface area (Å²) in [6, 6.07) is 0. The van der Waals surface area contributed by atoms with Gasteiger partial charge in [0.2, 0.25) is 0 Å². The Labute approximate surface area is 173 Å². The third kappa shape index (κ3) is 3.86. The molecule has 3 rings (SSSR count). The van der Waals surface area contributed by atoms with E-state index in [0.717, 1.165) is 15.4 Å². The molecule has 0 saturated carbocycles. The molecule has 0 saturated heterocycles. The third-order valence-electron chi connectivity index (χ3n) is 4.66. The molecule has 0 unspecified atom stereocenters. The van der Waals surface area contributed by atoms with E-state index >= 15 is 0 Å². The van der Waals surface area contributed by atoms with Gasteiger partial charge in [-0.3, -0.25) is 4.79 Å². The lowest BCUT2D eigenvalue weighted by Crippen LogP contribution is -2.55. The molecule has 0 atom stereocenters. The molecule has 2 N–H and O–H groups in total. The Bertz CT molecular complexity index is 941. The number of thiophene rings is 1. The normalized spacial score (nSPS) is 17.1. The molecule has 8 heteroatoms. The van der Waals surface area contributed by atoms with E-state index in [2.05, 4.69) is 43.3 Å². The van der Waals surface area contributed by atoms with Gasteiger partial charge in [0.25, 0.3) is 5.91 Å². The zero-order valence-electron chi connectivity index (χ0n) is 17.4. The minimum absolute atomic E-state index is 0.175. The zero-order valence-corrected chi connectivity index (χ0v) is 19.0. The predicted octanol–water partition coefficient (Wildman–Crippen LogP) is 4.41. The molecule has 1 amide bonds. The van der Waals surface area contributed by atoms with Gasteiger partial charge in [0, 0.05) is 16.0 Å². The van der Waals surface area contributed by atoms with Crippen molar-refractivity contribution in [2.75, 3.05) is 11.9 Å². The van der Waals surface area contributed by atoms with Crippen molar-refractivity contribution in [3.63, 3.8) is 0 Å². The molecule has 0 fully saturated rings. The lowest BCUT2D eigenvalue weighted by molar-refractivity contribution is 0.0526. The summed E-state index contributed by atoms with van der Waals surface area (Å²) >= 11 is 2.80. The van der Waals surface area contributed by atoms with Gasteiger partial charge < -0.3 is 15.4 Å². The first kappa shape index (κ1) is 21.0. The lowest BCUT2D eigenvalue weighted by Gasteiger charge is -2.42. The number of thiazole rings is 1. The van der Waals surface area contributed by atoms with Crippen molar-refractivity contribution in [3.8, 4) is 0 Å². The number of carbonyl (C=O) groups excluding carboxylic acids is 2. The van der Waals surface area contributed by atoms with Crippen LogP contribution in [0.2, 0.25) is 0 Å². The quantitative estimate of drug-likeness (QED) is 0.715. The second-order valence-corrected chi connectivity index (χ2v) is 10.5. The van der Waals surface area contributed by atoms with Crippen molar-refractivity contribution in [3.05, 3.63) is 31.6 Å². The van der Waals surface area contributed by atoms with E-state index in [4.69, 9.17) is 4.74 Å². The summed E-state index contributed by atoms with van der Waals surface area (Å²) in [5.74, 6) is -0.627. The fourth-order valence-corrected chi connectivity index (χ4v) is 6.01. The number of aryl methyl sites for hydroxylation is 2. The van der Waals surface area contributed by atoms with Gasteiger partial charge in [0.05, 0.1) is 22.9 Å². The van der Waals surface area contributed by atoms with Crippen molar-refractivity contribution in [2.45, 2.75) is 66.0 Å². The number of fused-ring (bicyclic) bond motifs is 1. The molecule has 0 aromatic carbocycles. The van der Waals surface area contributed by atoms with E-state index in [1.807, 2.05) is 13.8 Å². The summed E-state index contributed by atoms with van der Waals surface area (Å²) < 4.78 is 5.33. The van der Waals surface area contributed by atoms with Crippen LogP contribution >= 0.6 is 22.7 Å². The number of ether oxygens (including phenoxy) is 1. The summed E-state index contributed by atoms with van der Waals surface area (Å²) in [6.07, 6.45) is 0.685. The van der Waals surface area contributed by atoms with Crippen molar-refractivity contribution < 1.29 is 14.3 Å². The molecule has 152 valence electrons. The van der Waals surface area contributed by atoms with E-state index in [-0.39, 0.29) is 29.6 Å². The Hall–Kier alpha value is -1.77. The largest absolute Gasteiger partial charge is 0.462 e. The monoisotopic (exact) mass is 421 g/mol. The van der Waals surface area contributed by atoms with E-state index in [1.54, 1.807) is 6.92 Å². The maximum Gasteiger partial charge on any atom is 0.341 e. The summed E-state index contributed by atoms with van der Waals surface area (Å²) in [5, 5.41) is 7.99. The first-order valence-electron chi connectivity index (χ1n) is 9.33. The number of nitrogens with one attached hydrogen (secondary N) is 2. The number of anilines is 1. The molecule has 0 spiro atoms. The number of aromatic nitrogens is 1. The van der Waals surface area contributed by atoms with Crippen molar-refractivity contribution in [1.29, 1.82) is 0 Å². The van der Waals surface area contributed by atoms with Gasteiger partial charge in [-0.25, -0.2) is 9.78 Å². The van der Waals surface area contributed by atoms with Gasteiger partial charge in [-0.15, -0.1) is 22.7 Å². The molecular weight excluding hydrogens is 394 g/mol. The van der Waals surface area contributed by atoms with E-state index in [9.17, 15) is 9.59 Å². The van der Waals surface area contributed by atoms with E-state index in [1.165, 1.54) is 22.7 Å². The third-order valence-corrected chi connectivity index (χ3v) is 7.20. The van der Waals surface area contributed by atoms with Gasteiger partial charge in [-0.1, -0.05) is 0 Å². The Morgan fingerprint density at radius 1 is 1.21 bits per heavy atom. The van der Waals surface area contributed by atoms with Crippen molar-refractivity contribution in [2.24, 2.45) is 0 Å². The van der Waals surface area contributed by atoms with Crippen LogP contribution in [0.3, 0.4) is 0 Å². The maximum atomic E-state index is 12.9. The van der Waals surface area contributed by atoms with Crippen LogP contribution in [-0.4, -0.2) is 29.0 Å². The highest BCUT2D eigenvalue weighted by Gasteiger charge is 2.42. The second-order valence-electron chi connectivity index (χ2n) is 8.25. The maximum absolute atomic E-state index is 12.9. The standard InChI is InChI=1S/C20H27N3O3S2/c1-8-26-18(25)13-12-9-19(4,5)23-20(6,7)15(12)28-17(13)22-16(24)14-10(2)21-11(3)27-14/h23H,8-9H2,1-7H3,(H,22,24). The summed E-state index contributed by atoms with van der Waals surface area (Å²) in [6.45, 7) is 14.2. The minimum Gasteiger partial charge on any atom is -0.462 e. The molecule has 6 nitrogen and oxygen atoms in total. The highest BCUT2D eigenvalue weighted by atomic mass is 32.1. The SMILES string of the molecule is CCOC(=O)c1c(NC(=O)c2sc(C)nc2C)sc2c1CC(C)(C)NC2(C)C. The van der Waals surface area contributed by atoms with Gasteiger partial charge in [-0.05, 0) is 60.5 Å². The Morgan fingerprint density at radius 2 is 1.89 bits per heavy atom. The average Bonchev–Trinajstić information content (AvgIpc) is 3.05. The zero-order chi connectivity index (χ0) is 20.9. The predicted molar refractivity (Wildman–Crippen MR) is 114 cm³/mol. The molecule has 1 aliphatic heterocycles. The highest BCUT2D eigenvalue weighted by Crippen LogP contribution is 2.45. The van der Waals surface area contributed by atoms with E-state index in [0.29, 0.717) is 27.6 Å². The number of nitrogens with zero attached hydrogens (tertiary/aromatic N) is 1. The van der Waals surface area contributed by atoms with Gasteiger partial charge >= 0.3 is 5.97 Å². The van der Waals surface area contributed by atoms with Gasteiger partial charge in [0.15, 0.2) is 0 Å². The van der Waals surface area contributed by atoms with Crippen LogP contribution < -0.4 is 10.6 Å². The average molecular weight is 422 g/mol. The molecular formula is C20H27N3O3S2. The summed E-state index contributed by atoms with van der Waals surface area (Å²) in [5.41, 5.74) is 1.65. The first-order chi connectivity index (χ1) is 12.9. The molecule has 2 aromatic heterocycles. The molecule has 2 aromatic rings. The lowest BCUT2D eigenvalue weighted by atomic mass is 9.81. The molecule has 0 aliphatic carbocycles. The molecule has 28 heavy (non-hydrogen) atoms. The van der Waals surface area contributed by atoms with Crippen LogP contribution in [-0.2, 0) is 16.7 Å². The summed E-state index contributed by atoms with van der Waals surface area (Å²) in [4.78, 5) is 31.6. The Balaban J connectivity index is 2.08. The Morgan fingerprint density at radius 3 is 2.46 bits per heavy atom. The van der Waals surface area contributed by atoms with Gasteiger partial charge in [-0.2, -0.15) is 0 Å². The van der Waals surface area contributed by atoms with Crippen LogP contribution in [0.15, 0.2) is 0 Å². The second kappa shape index (κ2) is 7.24. The number of carbonyl (C=O) groups is 2. The number of rotatable bonds is 4. The molecule has 1 aliphatic rings. The fraction of sp³-hybridized carbons (Fsp3) is 0.550. The molecule has 0 bridgehead atoms. The number of amides is 1. The van der Waals surface area contributed by atoms with Gasteiger partial charge in [0.1, 0.15) is 9.88 Å². The van der Waals surface area contributed by atoms with E-state index < -0.39 is 0 Å². The van der Waals surface area contributed by atoms with Crippen molar-refractivity contribution in [1.82, 2.24) is 10.3 Å². The topological polar surface area (TPSA) is 80.3 Å². The number of hydrogen-bond donors (Lipinski definition) is 2. The molecule has 0 radical (unpaired) electrons. The number of hydrogen-bond acceptors (Lipinski definition) is 7. The minimum atomic E-state index is -0.388. The van der Waals surface area contributed by atoms with Crippen LogP contribution in [0, 0.1) is 13.8 Å². The van der Waals surface area contributed by atoms with Crippen LogP contribution in [0.1, 0.15) is 75.8 Å². The summed E-state index contributed by atoms with van der Waals surface area (Å²) in [7, 11) is 0.